The van der Waals surface area contributed by atoms with Crippen molar-refractivity contribution in [3.05, 3.63) is 106 Å². The zero-order valence-electron chi connectivity index (χ0n) is 35.4. The van der Waals surface area contributed by atoms with Crippen LogP contribution in [0.25, 0.3) is 16.5 Å². The molecule has 62 heavy (non-hydrogen) atoms. The Morgan fingerprint density at radius 2 is 1.79 bits per heavy atom. The largest absolute Gasteiger partial charge is 0.495 e. The van der Waals surface area contributed by atoms with E-state index in [-0.39, 0.29) is 77.5 Å². The molecule has 15 heteroatoms. The molecule has 2 aliphatic carbocycles. The molecular formula is C47H52F3N7O5. The number of nitrogens with one attached hydrogen (secondary N) is 3. The molecule has 12 nitrogen and oxygen atoms in total. The van der Waals surface area contributed by atoms with Crippen molar-refractivity contribution in [3.8, 4) is 5.75 Å². The van der Waals surface area contributed by atoms with Crippen molar-refractivity contribution in [1.82, 2.24) is 29.9 Å². The number of nitrogens with zero attached hydrogens (tertiary/aromatic N) is 4. The van der Waals surface area contributed by atoms with Crippen LogP contribution in [0.3, 0.4) is 0 Å². The minimum absolute atomic E-state index is 0.0448. The van der Waals surface area contributed by atoms with E-state index in [4.69, 9.17) is 4.74 Å². The van der Waals surface area contributed by atoms with E-state index in [1.165, 1.54) is 18.1 Å². The van der Waals surface area contributed by atoms with Crippen LogP contribution in [0.2, 0.25) is 0 Å². The van der Waals surface area contributed by atoms with Crippen molar-refractivity contribution < 1.29 is 37.1 Å². The van der Waals surface area contributed by atoms with Gasteiger partial charge in [-0.25, -0.2) is 13.2 Å². The first-order valence-electron chi connectivity index (χ1n) is 21.4. The number of ether oxygens (including phenoxy) is 1. The van der Waals surface area contributed by atoms with Gasteiger partial charge in [-0.2, -0.15) is 5.10 Å². The van der Waals surface area contributed by atoms with Crippen LogP contribution >= 0.6 is 0 Å². The lowest BCUT2D eigenvalue weighted by atomic mass is 9.72. The van der Waals surface area contributed by atoms with Crippen LogP contribution in [-0.4, -0.2) is 88.5 Å². The Bertz CT molecular complexity index is 2500. The Morgan fingerprint density at radius 3 is 2.48 bits per heavy atom. The van der Waals surface area contributed by atoms with E-state index in [0.29, 0.717) is 85.1 Å². The van der Waals surface area contributed by atoms with Gasteiger partial charge in [-0.3, -0.25) is 29.2 Å². The molecule has 2 aliphatic heterocycles. The number of anilines is 1. The Balaban J connectivity index is 1.01. The highest BCUT2D eigenvalue weighted by Crippen LogP contribution is 2.48. The predicted octanol–water partition coefficient (Wildman–Crippen LogP) is 7.76. The zero-order valence-corrected chi connectivity index (χ0v) is 35.4. The van der Waals surface area contributed by atoms with Gasteiger partial charge in [0, 0.05) is 81.9 Å². The predicted molar refractivity (Wildman–Crippen MR) is 229 cm³/mol. The third kappa shape index (κ3) is 8.53. The third-order valence-electron chi connectivity index (χ3n) is 12.9. The van der Waals surface area contributed by atoms with E-state index in [1.54, 1.807) is 66.4 Å². The molecule has 4 amide bonds. The van der Waals surface area contributed by atoms with Crippen LogP contribution < -0.4 is 15.4 Å². The summed E-state index contributed by atoms with van der Waals surface area (Å²) >= 11 is 0. The number of aryl methyl sites for hydroxylation is 1. The molecule has 0 radical (unpaired) electrons. The normalized spacial score (nSPS) is 23.0. The van der Waals surface area contributed by atoms with Gasteiger partial charge in [0.15, 0.2) is 5.82 Å². The highest BCUT2D eigenvalue weighted by Gasteiger charge is 2.35. The summed E-state index contributed by atoms with van der Waals surface area (Å²) in [4.78, 5) is 56.5. The van der Waals surface area contributed by atoms with Gasteiger partial charge in [-0.05, 0) is 109 Å². The van der Waals surface area contributed by atoms with E-state index in [9.17, 15) is 19.2 Å². The molecule has 2 aromatic carbocycles. The molecule has 326 valence electrons. The van der Waals surface area contributed by atoms with Gasteiger partial charge >= 0.3 is 0 Å². The maximum atomic E-state index is 16.8. The Kier molecular flexibility index (Phi) is 12.2. The number of rotatable bonds is 11. The summed E-state index contributed by atoms with van der Waals surface area (Å²) in [6.45, 7) is 3.06. The van der Waals surface area contributed by atoms with Crippen LogP contribution in [0.5, 0.6) is 5.75 Å². The fraction of sp³-hybridized carbons (Fsp3) is 0.426. The van der Waals surface area contributed by atoms with E-state index in [2.05, 4.69) is 26.8 Å². The summed E-state index contributed by atoms with van der Waals surface area (Å²) in [6, 6.07) is 7.44. The van der Waals surface area contributed by atoms with Crippen molar-refractivity contribution in [2.75, 3.05) is 39.6 Å². The van der Waals surface area contributed by atoms with Crippen molar-refractivity contribution in [3.63, 3.8) is 0 Å². The number of carbonyl (C=O) groups is 4. The molecular weight excluding hydrogens is 800 g/mol. The zero-order chi connectivity index (χ0) is 43.8. The lowest BCUT2D eigenvalue weighted by Gasteiger charge is -2.34. The molecule has 1 saturated heterocycles. The maximum Gasteiger partial charge on any atom is 0.269 e. The minimum atomic E-state index is -0.764. The highest BCUT2D eigenvalue weighted by molar-refractivity contribution is 6.02. The lowest BCUT2D eigenvalue weighted by molar-refractivity contribution is -0.134. The van der Waals surface area contributed by atoms with Gasteiger partial charge in [0.25, 0.3) is 5.91 Å². The Labute approximate surface area is 358 Å². The molecule has 1 saturated carbocycles. The van der Waals surface area contributed by atoms with Gasteiger partial charge < -0.3 is 24.8 Å². The van der Waals surface area contributed by atoms with Crippen LogP contribution in [0.15, 0.2) is 72.4 Å². The number of hydrogen-bond acceptors (Lipinski definition) is 7. The van der Waals surface area contributed by atoms with E-state index < -0.39 is 29.5 Å². The van der Waals surface area contributed by atoms with E-state index >= 15 is 13.2 Å². The summed E-state index contributed by atoms with van der Waals surface area (Å²) in [6.07, 6.45) is 13.1. The second-order valence-electron chi connectivity index (χ2n) is 17.2. The summed E-state index contributed by atoms with van der Waals surface area (Å²) in [7, 11) is 4.71. The summed E-state index contributed by atoms with van der Waals surface area (Å²) in [5.74, 6) is -3.30. The number of piperidine rings is 1. The number of methoxy groups -OCH3 is 1. The average Bonchev–Trinajstić information content (AvgIpc) is 3.96. The fourth-order valence-electron chi connectivity index (χ4n) is 9.64. The first-order valence-corrected chi connectivity index (χ1v) is 21.4. The number of hydrogen-bond donors (Lipinski definition) is 3. The van der Waals surface area contributed by atoms with Gasteiger partial charge in [0.1, 0.15) is 29.1 Å². The number of benzene rings is 2. The van der Waals surface area contributed by atoms with E-state index in [0.717, 1.165) is 5.57 Å². The second kappa shape index (κ2) is 17.7. The molecule has 0 bridgehead atoms. The third-order valence-corrected chi connectivity index (χ3v) is 12.9. The smallest absolute Gasteiger partial charge is 0.269 e. The van der Waals surface area contributed by atoms with Crippen molar-refractivity contribution in [2.45, 2.75) is 82.7 Å². The number of imide groups is 1. The Hall–Kier alpha value is -6.12. The van der Waals surface area contributed by atoms with Gasteiger partial charge in [-0.1, -0.05) is 19.1 Å². The van der Waals surface area contributed by atoms with Crippen LogP contribution in [-0.2, 0) is 20.9 Å². The Morgan fingerprint density at radius 1 is 1.02 bits per heavy atom. The van der Waals surface area contributed by atoms with Gasteiger partial charge in [-0.15, -0.1) is 0 Å². The first kappa shape index (κ1) is 42.6. The number of amides is 4. The molecule has 3 atom stereocenters. The monoisotopic (exact) mass is 851 g/mol. The molecule has 4 aromatic rings. The summed E-state index contributed by atoms with van der Waals surface area (Å²) in [5.41, 5.74) is 3.47. The molecule has 2 aromatic heterocycles. The number of halogens is 3. The second-order valence-corrected chi connectivity index (χ2v) is 17.2. The molecule has 8 rings (SSSR count). The molecule has 0 spiro atoms. The quantitative estimate of drug-likeness (QED) is 0.131. The van der Waals surface area contributed by atoms with Crippen LogP contribution in [0, 0.1) is 23.5 Å². The number of allylic oxidation sites excluding steroid dienone is 4. The summed E-state index contributed by atoms with van der Waals surface area (Å²) in [5, 5.41) is 9.95. The van der Waals surface area contributed by atoms with Gasteiger partial charge in [0.05, 0.1) is 18.3 Å². The molecule has 4 aliphatic rings. The topological polar surface area (TPSA) is 142 Å². The first-order chi connectivity index (χ1) is 29.8. The molecule has 3 N–H and O–H groups in total. The minimum Gasteiger partial charge on any atom is -0.495 e. The number of fused-ring (bicyclic) bond motifs is 1. The number of carbonyl (C=O) groups excluding carboxylic acids is 4. The van der Waals surface area contributed by atoms with Gasteiger partial charge in [0.2, 0.25) is 17.7 Å². The van der Waals surface area contributed by atoms with Crippen molar-refractivity contribution >= 4 is 45.8 Å². The maximum absolute atomic E-state index is 16.8. The molecule has 3 unspecified atom stereocenters. The molecule has 2 fully saturated rings. The summed E-state index contributed by atoms with van der Waals surface area (Å²) < 4.78 is 56.6. The fourth-order valence-corrected chi connectivity index (χ4v) is 9.64. The van der Waals surface area contributed by atoms with Crippen molar-refractivity contribution in [1.29, 1.82) is 0 Å². The number of H-pyrrole nitrogens is 1. The highest BCUT2D eigenvalue weighted by atomic mass is 19.1. The van der Waals surface area contributed by atoms with Crippen LogP contribution in [0.4, 0.5) is 18.9 Å². The van der Waals surface area contributed by atoms with Crippen molar-refractivity contribution in [2.24, 2.45) is 11.8 Å². The van der Waals surface area contributed by atoms with Crippen LogP contribution in [0.1, 0.15) is 97.3 Å². The number of aromatic nitrogens is 3. The standard InChI is InChI=1S/C47H52F3N7O5/c1-26-19-30(27-8-10-28(11-9-27)31-23-40(62-4)38(24-35(31)48)52-37-12-13-41(58)54-46(37)60)20-36(49)43(26)33-21-32(44(50)45-34(33)22-39(53-45)47(61)55(2)3)29-7-5-16-56(25-29)42(59)14-18-57-17-6-15-51-57/h6-7,15,17,19-24,26-28,37,43,52-53H,5,8-14,16,18,25H2,1-4H3,(H,54,58,60). The van der Waals surface area contributed by atoms with E-state index in [1.807, 2.05) is 13.0 Å². The average molecular weight is 852 g/mol. The molecule has 4 heterocycles. The number of aromatic amines is 1. The SMILES string of the molecule is COc1cc(C2CCC(C3=CC(C)C(c4cc(C5=CCCN(C(=O)CCn6cccn6)C5)c(F)c5[nH]c(C(=O)N(C)C)cc45)C(F)=C3)CC2)c(F)cc1NC1CCC(=O)NC1=O. The lowest BCUT2D eigenvalue weighted by Crippen LogP contribution is -2.47.